The number of fused-ring (bicyclic) bond motifs is 5. The molecule has 5 rings (SSSR count). The number of ether oxygens (including phenoxy) is 1. The Morgan fingerprint density at radius 2 is 1.53 bits per heavy atom. The molecule has 1 heterocycles. The summed E-state index contributed by atoms with van der Waals surface area (Å²) in [6, 6.07) is 1.79. The van der Waals surface area contributed by atoms with Gasteiger partial charge >= 0.3 is 0 Å². The average molecular weight is 500 g/mol. The number of rotatable bonds is 7. The molecular formula is C34H61NO. The van der Waals surface area contributed by atoms with Gasteiger partial charge in [0.1, 0.15) is 0 Å². The molecule has 0 amide bonds. The van der Waals surface area contributed by atoms with E-state index in [1.165, 1.54) is 77.0 Å². The van der Waals surface area contributed by atoms with Crippen LogP contribution in [0.3, 0.4) is 0 Å². The highest BCUT2D eigenvalue weighted by molar-refractivity contribution is 5.15. The summed E-state index contributed by atoms with van der Waals surface area (Å²) in [6.45, 7) is 18.2. The van der Waals surface area contributed by atoms with Gasteiger partial charge in [0, 0.05) is 18.7 Å². The van der Waals surface area contributed by atoms with Crippen molar-refractivity contribution < 1.29 is 4.74 Å². The molecule has 4 saturated carbocycles. The first-order chi connectivity index (χ1) is 17.0. The van der Waals surface area contributed by atoms with Crippen molar-refractivity contribution >= 4 is 0 Å². The maximum absolute atomic E-state index is 6.00. The Kier molecular flexibility index (Phi) is 8.00. The highest BCUT2D eigenvalue weighted by Crippen LogP contribution is 2.67. The fraction of sp³-hybridized carbons (Fsp3) is 1.00. The van der Waals surface area contributed by atoms with E-state index in [9.17, 15) is 0 Å². The number of hydrogen-bond donors (Lipinski definition) is 0. The van der Waals surface area contributed by atoms with Gasteiger partial charge in [0.25, 0.3) is 0 Å². The lowest BCUT2D eigenvalue weighted by molar-refractivity contribution is -0.00572. The van der Waals surface area contributed by atoms with Gasteiger partial charge in [-0.2, -0.15) is 0 Å². The van der Waals surface area contributed by atoms with Crippen molar-refractivity contribution in [1.82, 2.24) is 4.90 Å². The van der Waals surface area contributed by atoms with E-state index in [0.29, 0.717) is 5.41 Å². The summed E-state index contributed by atoms with van der Waals surface area (Å²) in [7, 11) is 2.55. The Bertz CT molecular complexity index is 738. The van der Waals surface area contributed by atoms with Crippen molar-refractivity contribution in [3.8, 4) is 0 Å². The van der Waals surface area contributed by atoms with Crippen molar-refractivity contribution in [3.05, 3.63) is 0 Å². The van der Waals surface area contributed by atoms with E-state index < -0.39 is 0 Å². The third-order valence-corrected chi connectivity index (χ3v) is 12.5. The van der Waals surface area contributed by atoms with E-state index >= 15 is 0 Å². The smallest absolute Gasteiger partial charge is 0.0598 e. The molecule has 0 N–H and O–H groups in total. The van der Waals surface area contributed by atoms with Crippen molar-refractivity contribution in [2.45, 2.75) is 143 Å². The molecule has 0 spiro atoms. The first-order valence-corrected chi connectivity index (χ1v) is 16.3. The number of hydrogen-bond acceptors (Lipinski definition) is 2. The lowest BCUT2D eigenvalue weighted by atomic mass is 9.56. The molecule has 2 heteroatoms. The zero-order valence-electron chi connectivity index (χ0n) is 25.4. The summed E-state index contributed by atoms with van der Waals surface area (Å²) in [6.07, 6.45) is 17.5. The van der Waals surface area contributed by atoms with Gasteiger partial charge in [-0.1, -0.05) is 53.4 Å². The van der Waals surface area contributed by atoms with Gasteiger partial charge in [0.05, 0.1) is 5.60 Å². The Labute approximate surface area is 225 Å². The molecule has 5 aliphatic rings. The van der Waals surface area contributed by atoms with Gasteiger partial charge in [0.2, 0.25) is 0 Å². The van der Waals surface area contributed by atoms with Crippen LogP contribution in [0.1, 0.15) is 126 Å². The van der Waals surface area contributed by atoms with E-state index in [-0.39, 0.29) is 5.60 Å². The van der Waals surface area contributed by atoms with E-state index in [2.05, 4.69) is 60.4 Å². The molecule has 2 nitrogen and oxygen atoms in total. The van der Waals surface area contributed by atoms with Crippen LogP contribution < -0.4 is 0 Å². The quantitative estimate of drug-likeness (QED) is 0.324. The third kappa shape index (κ3) is 5.10. The fourth-order valence-electron chi connectivity index (χ4n) is 11.3. The molecule has 0 aromatic carbocycles. The van der Waals surface area contributed by atoms with E-state index in [0.717, 1.165) is 72.0 Å². The van der Waals surface area contributed by atoms with Gasteiger partial charge < -0.3 is 4.74 Å². The summed E-state index contributed by atoms with van der Waals surface area (Å²) in [5.41, 5.74) is 0.496. The minimum atomic E-state index is 0.0105. The van der Waals surface area contributed by atoms with Crippen LogP contribution in [0.5, 0.6) is 0 Å². The average Bonchev–Trinajstić information content (AvgIpc) is 3.43. The van der Waals surface area contributed by atoms with Crippen LogP contribution in [0.25, 0.3) is 0 Å². The maximum Gasteiger partial charge on any atom is 0.0598 e. The zero-order chi connectivity index (χ0) is 25.8. The van der Waals surface area contributed by atoms with Gasteiger partial charge in [-0.25, -0.2) is 0 Å². The van der Waals surface area contributed by atoms with Crippen molar-refractivity contribution in [2.75, 3.05) is 13.7 Å². The van der Waals surface area contributed by atoms with Crippen LogP contribution >= 0.6 is 0 Å². The number of likely N-dealkylation sites (tertiary alicyclic amines) is 1. The van der Waals surface area contributed by atoms with E-state index in [4.69, 9.17) is 4.74 Å². The SMILES string of the molecule is CC1CCC2C(C1)C1C(C3CCCCC3C1C(C)(C)C1CC(CCCCOC(C)(C)C)CC1C)N2C. The second-order valence-electron chi connectivity index (χ2n) is 16.2. The maximum atomic E-state index is 6.00. The van der Waals surface area contributed by atoms with Crippen LogP contribution in [0.15, 0.2) is 0 Å². The minimum Gasteiger partial charge on any atom is -0.376 e. The topological polar surface area (TPSA) is 12.5 Å². The van der Waals surface area contributed by atoms with E-state index in [1.807, 2.05) is 0 Å². The summed E-state index contributed by atoms with van der Waals surface area (Å²) in [4.78, 5) is 2.97. The monoisotopic (exact) mass is 499 g/mol. The Morgan fingerprint density at radius 1 is 0.806 bits per heavy atom. The molecule has 0 aromatic rings. The van der Waals surface area contributed by atoms with E-state index in [1.54, 1.807) is 0 Å². The Morgan fingerprint density at radius 3 is 2.25 bits per heavy atom. The lowest BCUT2D eigenvalue weighted by Crippen LogP contribution is -2.44. The highest BCUT2D eigenvalue weighted by Gasteiger charge is 2.65. The van der Waals surface area contributed by atoms with Gasteiger partial charge in [-0.3, -0.25) is 4.90 Å². The first-order valence-electron chi connectivity index (χ1n) is 16.3. The third-order valence-electron chi connectivity index (χ3n) is 12.5. The predicted molar refractivity (Wildman–Crippen MR) is 153 cm³/mol. The van der Waals surface area contributed by atoms with Crippen LogP contribution in [0, 0.1) is 58.7 Å². The van der Waals surface area contributed by atoms with Crippen LogP contribution in [-0.4, -0.2) is 36.2 Å². The standard InChI is InChI=1S/C34H61NO/c1-22-16-17-29-27(19-22)30-31(25-14-9-10-15-26(25)32(30)35(29)8)34(6,7)28-21-24(20-23(28)2)13-11-12-18-36-33(3,4)5/h22-32H,9-21H2,1-8H3. The van der Waals surface area contributed by atoms with Crippen LogP contribution in [0.2, 0.25) is 0 Å². The molecule has 5 fully saturated rings. The van der Waals surface area contributed by atoms with Gasteiger partial charge in [-0.05, 0) is 138 Å². The van der Waals surface area contributed by atoms with Crippen LogP contribution in [-0.2, 0) is 4.74 Å². The molecule has 1 aliphatic heterocycles. The van der Waals surface area contributed by atoms with Gasteiger partial charge in [0.15, 0.2) is 0 Å². The Hall–Kier alpha value is -0.0800. The molecular weight excluding hydrogens is 438 g/mol. The molecule has 0 radical (unpaired) electrons. The molecule has 0 bridgehead atoms. The molecule has 11 atom stereocenters. The summed E-state index contributed by atoms with van der Waals surface area (Å²) >= 11 is 0. The largest absolute Gasteiger partial charge is 0.376 e. The summed E-state index contributed by atoms with van der Waals surface area (Å²) in [5.74, 6) is 8.64. The van der Waals surface area contributed by atoms with Crippen molar-refractivity contribution in [3.63, 3.8) is 0 Å². The van der Waals surface area contributed by atoms with Gasteiger partial charge in [-0.15, -0.1) is 0 Å². The minimum absolute atomic E-state index is 0.0105. The molecule has 4 aliphatic carbocycles. The summed E-state index contributed by atoms with van der Waals surface area (Å²) in [5, 5.41) is 0. The van der Waals surface area contributed by atoms with Crippen molar-refractivity contribution in [1.29, 1.82) is 0 Å². The van der Waals surface area contributed by atoms with Crippen molar-refractivity contribution in [2.24, 2.45) is 58.7 Å². The van der Waals surface area contributed by atoms with Crippen LogP contribution in [0.4, 0.5) is 0 Å². The second-order valence-corrected chi connectivity index (χ2v) is 16.2. The fourth-order valence-corrected chi connectivity index (χ4v) is 11.3. The molecule has 1 saturated heterocycles. The normalized spacial score (nSPS) is 45.5. The summed E-state index contributed by atoms with van der Waals surface area (Å²) < 4.78 is 6.00. The molecule has 11 unspecified atom stereocenters. The predicted octanol–water partition coefficient (Wildman–Crippen LogP) is 8.83. The highest BCUT2D eigenvalue weighted by atomic mass is 16.5. The first kappa shape index (κ1) is 27.5. The lowest BCUT2D eigenvalue weighted by Gasteiger charge is -2.49. The Balaban J connectivity index is 1.30. The number of nitrogens with zero attached hydrogens (tertiary/aromatic N) is 1. The molecule has 208 valence electrons. The second kappa shape index (κ2) is 10.5. The zero-order valence-corrected chi connectivity index (χ0v) is 25.4. The number of unbranched alkanes of at least 4 members (excludes halogenated alkanes) is 1. The molecule has 0 aromatic heterocycles. The molecule has 36 heavy (non-hydrogen) atoms.